The summed E-state index contributed by atoms with van der Waals surface area (Å²) >= 11 is 0. The van der Waals surface area contributed by atoms with Crippen molar-refractivity contribution in [1.29, 1.82) is 0 Å². The molecule has 3 heteroatoms. The number of piperazine rings is 1. The van der Waals surface area contributed by atoms with Crippen molar-refractivity contribution in [2.45, 2.75) is 57.3 Å². The third-order valence-electron chi connectivity index (χ3n) is 6.59. The Morgan fingerprint density at radius 2 is 1.42 bits per heavy atom. The summed E-state index contributed by atoms with van der Waals surface area (Å²) in [6.45, 7) is 11.6. The molecule has 0 saturated carbocycles. The first-order chi connectivity index (χ1) is 14.9. The molecule has 2 aliphatic heterocycles. The van der Waals surface area contributed by atoms with Crippen molar-refractivity contribution in [2.75, 3.05) is 32.7 Å². The molecule has 0 aromatic heterocycles. The third-order valence-corrected chi connectivity index (χ3v) is 6.59. The summed E-state index contributed by atoms with van der Waals surface area (Å²) in [5.74, 6) is 6.90. The summed E-state index contributed by atoms with van der Waals surface area (Å²) < 4.78 is 6.30. The van der Waals surface area contributed by atoms with Crippen LogP contribution < -0.4 is 0 Å². The molecule has 2 aromatic carbocycles. The number of hydrogen-bond donors (Lipinski definition) is 0. The highest BCUT2D eigenvalue weighted by atomic mass is 16.5. The average molecular weight is 417 g/mol. The number of nitrogens with zero attached hydrogens (tertiary/aromatic N) is 2. The van der Waals surface area contributed by atoms with Crippen LogP contribution in [-0.2, 0) is 4.74 Å². The zero-order valence-corrected chi connectivity index (χ0v) is 19.3. The van der Waals surface area contributed by atoms with Gasteiger partial charge in [0, 0.05) is 26.2 Å². The van der Waals surface area contributed by atoms with E-state index in [0.717, 1.165) is 45.6 Å². The van der Waals surface area contributed by atoms with E-state index in [0.29, 0.717) is 6.04 Å². The molecule has 0 spiro atoms. The quantitative estimate of drug-likeness (QED) is 0.642. The molecule has 0 aliphatic carbocycles. The third kappa shape index (κ3) is 5.77. The van der Waals surface area contributed by atoms with Crippen LogP contribution in [0, 0.1) is 11.8 Å². The van der Waals surface area contributed by atoms with Crippen LogP contribution in [-0.4, -0.2) is 53.7 Å². The normalized spacial score (nSPS) is 24.5. The summed E-state index contributed by atoms with van der Waals surface area (Å²) in [7, 11) is 0. The van der Waals surface area contributed by atoms with Crippen molar-refractivity contribution in [2.24, 2.45) is 0 Å². The van der Waals surface area contributed by atoms with Crippen LogP contribution in [0.4, 0.5) is 0 Å². The van der Waals surface area contributed by atoms with E-state index in [9.17, 15) is 0 Å². The van der Waals surface area contributed by atoms with E-state index in [1.807, 2.05) is 0 Å². The summed E-state index contributed by atoms with van der Waals surface area (Å²) in [6.07, 6.45) is 3.35. The molecule has 0 unspecified atom stereocenters. The molecule has 3 nitrogen and oxygen atoms in total. The van der Waals surface area contributed by atoms with Crippen molar-refractivity contribution in [3.05, 3.63) is 71.8 Å². The van der Waals surface area contributed by atoms with Crippen molar-refractivity contribution in [3.8, 4) is 11.8 Å². The smallest absolute Gasteiger partial charge is 0.126 e. The molecule has 2 saturated heterocycles. The maximum Gasteiger partial charge on any atom is 0.126 e. The second-order valence-corrected chi connectivity index (χ2v) is 9.78. The standard InChI is InChI=1S/C28H36N2O/c1-27(2)16-10-17-28(3,31-27)18-11-19-29-20-22-30(23-21-29)26(24-12-6-4-7-13-24)25-14-8-5-9-15-25/h4-9,12-15,26H,10,16-17,19-23H2,1-3H3/t28-/m0/s1. The van der Waals surface area contributed by atoms with Gasteiger partial charge in [-0.15, -0.1) is 0 Å². The zero-order chi connectivity index (χ0) is 21.7. The van der Waals surface area contributed by atoms with Gasteiger partial charge in [-0.2, -0.15) is 0 Å². The largest absolute Gasteiger partial charge is 0.357 e. The van der Waals surface area contributed by atoms with Gasteiger partial charge in [-0.3, -0.25) is 9.80 Å². The molecule has 0 N–H and O–H groups in total. The molecule has 31 heavy (non-hydrogen) atoms. The van der Waals surface area contributed by atoms with Crippen LogP contribution >= 0.6 is 0 Å². The van der Waals surface area contributed by atoms with Gasteiger partial charge in [-0.1, -0.05) is 72.5 Å². The van der Waals surface area contributed by atoms with E-state index in [1.165, 1.54) is 17.5 Å². The monoisotopic (exact) mass is 416 g/mol. The van der Waals surface area contributed by atoms with Crippen LogP contribution in [0.1, 0.15) is 57.2 Å². The topological polar surface area (TPSA) is 15.7 Å². The van der Waals surface area contributed by atoms with Crippen LogP contribution in [0.5, 0.6) is 0 Å². The van der Waals surface area contributed by atoms with E-state index < -0.39 is 0 Å². The highest BCUT2D eigenvalue weighted by molar-refractivity contribution is 5.32. The fourth-order valence-electron chi connectivity index (χ4n) is 5.05. The van der Waals surface area contributed by atoms with Gasteiger partial charge in [0.25, 0.3) is 0 Å². The van der Waals surface area contributed by atoms with Crippen LogP contribution in [0.25, 0.3) is 0 Å². The van der Waals surface area contributed by atoms with Gasteiger partial charge in [0.1, 0.15) is 5.60 Å². The summed E-state index contributed by atoms with van der Waals surface area (Å²) in [6, 6.07) is 22.1. The first-order valence-electron chi connectivity index (χ1n) is 11.7. The van der Waals surface area contributed by atoms with Gasteiger partial charge in [-0.25, -0.2) is 0 Å². The second kappa shape index (κ2) is 9.57. The minimum absolute atomic E-state index is 0.0583. The van der Waals surface area contributed by atoms with Crippen molar-refractivity contribution >= 4 is 0 Å². The highest BCUT2D eigenvalue weighted by Crippen LogP contribution is 2.34. The Morgan fingerprint density at radius 1 is 0.839 bits per heavy atom. The van der Waals surface area contributed by atoms with E-state index >= 15 is 0 Å². The Labute approximate surface area is 188 Å². The van der Waals surface area contributed by atoms with Gasteiger partial charge in [0.15, 0.2) is 0 Å². The van der Waals surface area contributed by atoms with E-state index in [1.54, 1.807) is 0 Å². The van der Waals surface area contributed by atoms with Crippen LogP contribution in [0.3, 0.4) is 0 Å². The van der Waals surface area contributed by atoms with Crippen LogP contribution in [0.15, 0.2) is 60.7 Å². The molecule has 0 amide bonds. The molecule has 1 atom stereocenters. The van der Waals surface area contributed by atoms with Crippen molar-refractivity contribution < 1.29 is 4.74 Å². The summed E-state index contributed by atoms with van der Waals surface area (Å²) in [5, 5.41) is 0. The lowest BCUT2D eigenvalue weighted by Gasteiger charge is -2.40. The SMILES string of the molecule is CC1(C)CCC[C@@](C)(C#CCN2CCN(C(c3ccccc3)c3ccccc3)CC2)O1. The van der Waals surface area contributed by atoms with E-state index in [4.69, 9.17) is 4.74 Å². The lowest BCUT2D eigenvalue weighted by atomic mass is 9.88. The number of benzene rings is 2. The molecule has 2 aromatic rings. The molecule has 2 fully saturated rings. The summed E-state index contributed by atoms with van der Waals surface area (Å²) in [5.41, 5.74) is 2.38. The molecular weight excluding hydrogens is 380 g/mol. The van der Waals surface area contributed by atoms with Crippen molar-refractivity contribution in [3.63, 3.8) is 0 Å². The van der Waals surface area contributed by atoms with E-state index in [-0.39, 0.29) is 11.2 Å². The molecule has 164 valence electrons. The molecular formula is C28H36N2O. The number of ether oxygens (including phenoxy) is 1. The Bertz CT molecular complexity index is 851. The first-order valence-corrected chi connectivity index (χ1v) is 11.7. The molecule has 4 rings (SSSR count). The van der Waals surface area contributed by atoms with Crippen LogP contribution in [0.2, 0.25) is 0 Å². The van der Waals surface area contributed by atoms with Gasteiger partial charge in [0.05, 0.1) is 18.2 Å². The predicted molar refractivity (Wildman–Crippen MR) is 128 cm³/mol. The predicted octanol–water partition coefficient (Wildman–Crippen LogP) is 5.13. The molecule has 2 heterocycles. The molecule has 0 bridgehead atoms. The first kappa shape index (κ1) is 22.1. The zero-order valence-electron chi connectivity index (χ0n) is 19.3. The average Bonchev–Trinajstić information content (AvgIpc) is 2.76. The van der Waals surface area contributed by atoms with Gasteiger partial charge in [0.2, 0.25) is 0 Å². The fourth-order valence-corrected chi connectivity index (χ4v) is 5.05. The Balaban J connectivity index is 1.38. The van der Waals surface area contributed by atoms with Gasteiger partial charge in [-0.05, 0) is 51.2 Å². The Kier molecular flexibility index (Phi) is 6.82. The molecule has 0 radical (unpaired) electrons. The summed E-state index contributed by atoms with van der Waals surface area (Å²) in [4.78, 5) is 5.09. The Hall–Kier alpha value is -2.12. The van der Waals surface area contributed by atoms with Gasteiger partial charge < -0.3 is 4.74 Å². The highest BCUT2D eigenvalue weighted by Gasteiger charge is 2.36. The maximum atomic E-state index is 6.30. The minimum atomic E-state index is -0.296. The number of hydrogen-bond acceptors (Lipinski definition) is 3. The van der Waals surface area contributed by atoms with Gasteiger partial charge >= 0.3 is 0 Å². The number of rotatable bonds is 4. The van der Waals surface area contributed by atoms with E-state index in [2.05, 4.69) is 103 Å². The minimum Gasteiger partial charge on any atom is -0.357 e. The Morgan fingerprint density at radius 3 is 1.97 bits per heavy atom. The van der Waals surface area contributed by atoms with Crippen molar-refractivity contribution in [1.82, 2.24) is 9.80 Å². The lowest BCUT2D eigenvalue weighted by Crippen LogP contribution is -2.48. The maximum absolute atomic E-state index is 6.30. The fraction of sp³-hybridized carbons (Fsp3) is 0.500. The molecule has 2 aliphatic rings. The lowest BCUT2D eigenvalue weighted by molar-refractivity contribution is -0.135. The second-order valence-electron chi connectivity index (χ2n) is 9.78.